The first-order valence-electron chi connectivity index (χ1n) is 6.47. The summed E-state index contributed by atoms with van der Waals surface area (Å²) in [6.07, 6.45) is 0.0171. The minimum absolute atomic E-state index is 0.115. The van der Waals surface area contributed by atoms with E-state index in [1.54, 1.807) is 6.07 Å². The third-order valence-corrected chi connectivity index (χ3v) is 3.46. The zero-order valence-corrected chi connectivity index (χ0v) is 11.7. The van der Waals surface area contributed by atoms with Crippen molar-refractivity contribution in [3.63, 3.8) is 0 Å². The lowest BCUT2D eigenvalue weighted by atomic mass is 10.1. The Morgan fingerprint density at radius 1 is 1.55 bits per heavy atom. The van der Waals surface area contributed by atoms with Gasteiger partial charge in [-0.2, -0.15) is 0 Å². The van der Waals surface area contributed by atoms with Gasteiger partial charge < -0.3 is 19.3 Å². The second-order valence-corrected chi connectivity index (χ2v) is 5.17. The van der Waals surface area contributed by atoms with Crippen LogP contribution in [0.15, 0.2) is 10.6 Å². The minimum atomic E-state index is -1.04. The molecule has 0 aliphatic carbocycles. The lowest BCUT2D eigenvalue weighted by Crippen LogP contribution is -2.40. The van der Waals surface area contributed by atoms with Crippen molar-refractivity contribution >= 4 is 11.9 Å². The number of carbonyl (C=O) groups is 2. The van der Waals surface area contributed by atoms with Crippen LogP contribution in [0.2, 0.25) is 0 Å². The molecule has 0 spiro atoms. The van der Waals surface area contributed by atoms with Gasteiger partial charge in [-0.1, -0.05) is 19.0 Å². The van der Waals surface area contributed by atoms with Crippen LogP contribution in [-0.2, 0) is 9.53 Å². The first-order chi connectivity index (χ1) is 9.43. The van der Waals surface area contributed by atoms with Crippen LogP contribution in [0.25, 0.3) is 0 Å². The van der Waals surface area contributed by atoms with Crippen LogP contribution in [-0.4, -0.2) is 52.8 Å². The maximum absolute atomic E-state index is 12.3. The van der Waals surface area contributed by atoms with Gasteiger partial charge in [-0.15, -0.1) is 0 Å². The molecule has 7 heteroatoms. The van der Waals surface area contributed by atoms with E-state index in [0.29, 0.717) is 5.76 Å². The molecule has 1 aromatic heterocycles. The number of ether oxygens (including phenoxy) is 1. The number of aliphatic carboxylic acids is 1. The molecule has 1 saturated heterocycles. The van der Waals surface area contributed by atoms with Crippen molar-refractivity contribution in [1.82, 2.24) is 10.1 Å². The van der Waals surface area contributed by atoms with Crippen molar-refractivity contribution < 1.29 is 24.0 Å². The number of aromatic nitrogens is 1. The Kier molecular flexibility index (Phi) is 4.08. The molecule has 2 rings (SSSR count). The highest BCUT2D eigenvalue weighted by atomic mass is 16.5. The molecule has 20 heavy (non-hydrogen) atoms. The fourth-order valence-electron chi connectivity index (χ4n) is 2.24. The summed E-state index contributed by atoms with van der Waals surface area (Å²) in [5.41, 5.74) is 0.136. The largest absolute Gasteiger partial charge is 0.480 e. The summed E-state index contributed by atoms with van der Waals surface area (Å²) in [6.45, 7) is 4.09. The Hall–Kier alpha value is -1.89. The SMILES string of the molecule is COC1CC(C(=O)O)N(C(=O)c2cc(C(C)C)on2)C1. The van der Waals surface area contributed by atoms with Gasteiger partial charge in [0.25, 0.3) is 5.91 Å². The van der Waals surface area contributed by atoms with Crippen LogP contribution >= 0.6 is 0 Å². The van der Waals surface area contributed by atoms with Crippen LogP contribution in [0.4, 0.5) is 0 Å². The average molecular weight is 282 g/mol. The summed E-state index contributed by atoms with van der Waals surface area (Å²) in [5, 5.41) is 12.9. The highest BCUT2D eigenvalue weighted by Gasteiger charge is 2.41. The molecule has 1 aliphatic heterocycles. The lowest BCUT2D eigenvalue weighted by Gasteiger charge is -2.19. The van der Waals surface area contributed by atoms with Gasteiger partial charge in [0.1, 0.15) is 11.8 Å². The predicted molar refractivity (Wildman–Crippen MR) is 68.5 cm³/mol. The Morgan fingerprint density at radius 3 is 2.75 bits per heavy atom. The molecule has 1 fully saturated rings. The summed E-state index contributed by atoms with van der Waals surface area (Å²) in [5.74, 6) is -0.759. The number of amides is 1. The average Bonchev–Trinajstić information content (AvgIpc) is 3.04. The van der Waals surface area contributed by atoms with E-state index in [-0.39, 0.29) is 30.7 Å². The number of carbonyl (C=O) groups excluding carboxylic acids is 1. The van der Waals surface area contributed by atoms with Crippen molar-refractivity contribution in [3.8, 4) is 0 Å². The van der Waals surface area contributed by atoms with Crippen LogP contribution in [0.3, 0.4) is 0 Å². The first kappa shape index (κ1) is 14.5. The summed E-state index contributed by atoms with van der Waals surface area (Å²) in [6, 6.07) is 0.679. The predicted octanol–water partition coefficient (Wildman–Crippen LogP) is 1.11. The molecule has 2 heterocycles. The lowest BCUT2D eigenvalue weighted by molar-refractivity contribution is -0.141. The molecular weight excluding hydrogens is 264 g/mol. The van der Waals surface area contributed by atoms with E-state index >= 15 is 0 Å². The van der Waals surface area contributed by atoms with Crippen LogP contribution < -0.4 is 0 Å². The number of nitrogens with zero attached hydrogens (tertiary/aromatic N) is 2. The fraction of sp³-hybridized carbons (Fsp3) is 0.615. The monoisotopic (exact) mass is 282 g/mol. The standard InChI is InChI=1S/C13H18N2O5/c1-7(2)11-5-9(14-20-11)12(16)15-6-8(19-3)4-10(15)13(17)18/h5,7-8,10H,4,6H2,1-3H3,(H,17,18). The molecule has 0 bridgehead atoms. The van der Waals surface area contributed by atoms with Gasteiger partial charge in [0.2, 0.25) is 0 Å². The van der Waals surface area contributed by atoms with Gasteiger partial charge in [-0.05, 0) is 0 Å². The third kappa shape index (κ3) is 2.67. The molecule has 7 nitrogen and oxygen atoms in total. The summed E-state index contributed by atoms with van der Waals surface area (Å²) < 4.78 is 10.2. The maximum Gasteiger partial charge on any atom is 0.326 e. The Morgan fingerprint density at radius 2 is 2.25 bits per heavy atom. The molecule has 0 saturated carbocycles. The molecule has 1 aliphatic rings. The van der Waals surface area contributed by atoms with Crippen LogP contribution in [0.5, 0.6) is 0 Å². The van der Waals surface area contributed by atoms with Gasteiger partial charge in [0.05, 0.1) is 6.10 Å². The smallest absolute Gasteiger partial charge is 0.326 e. The number of rotatable bonds is 4. The van der Waals surface area contributed by atoms with E-state index in [0.717, 1.165) is 0 Å². The zero-order valence-electron chi connectivity index (χ0n) is 11.7. The van der Waals surface area contributed by atoms with Crippen LogP contribution in [0.1, 0.15) is 42.4 Å². The summed E-state index contributed by atoms with van der Waals surface area (Å²) >= 11 is 0. The van der Waals surface area contributed by atoms with Gasteiger partial charge in [-0.25, -0.2) is 4.79 Å². The highest BCUT2D eigenvalue weighted by molar-refractivity contribution is 5.95. The van der Waals surface area contributed by atoms with Crippen molar-refractivity contribution in [3.05, 3.63) is 17.5 Å². The second kappa shape index (κ2) is 5.62. The quantitative estimate of drug-likeness (QED) is 0.889. The molecule has 2 atom stereocenters. The maximum atomic E-state index is 12.3. The molecule has 110 valence electrons. The summed E-state index contributed by atoms with van der Waals surface area (Å²) in [7, 11) is 1.50. The van der Waals surface area contributed by atoms with E-state index in [9.17, 15) is 14.7 Å². The zero-order chi connectivity index (χ0) is 14.9. The van der Waals surface area contributed by atoms with E-state index in [1.165, 1.54) is 12.0 Å². The molecule has 1 amide bonds. The molecule has 1 N–H and O–H groups in total. The van der Waals surface area contributed by atoms with Crippen molar-refractivity contribution in [1.29, 1.82) is 0 Å². The number of carboxylic acid groups (broad SMARTS) is 1. The molecule has 1 aromatic rings. The number of carboxylic acids is 1. The molecular formula is C13H18N2O5. The van der Waals surface area contributed by atoms with E-state index in [4.69, 9.17) is 9.26 Å². The number of hydrogen-bond donors (Lipinski definition) is 1. The van der Waals surface area contributed by atoms with E-state index < -0.39 is 17.9 Å². The highest BCUT2D eigenvalue weighted by Crippen LogP contribution is 2.23. The van der Waals surface area contributed by atoms with E-state index in [1.807, 2.05) is 13.8 Å². The molecule has 2 unspecified atom stereocenters. The first-order valence-corrected chi connectivity index (χ1v) is 6.47. The van der Waals surface area contributed by atoms with Crippen molar-refractivity contribution in [2.45, 2.75) is 38.3 Å². The Labute approximate surface area is 116 Å². The number of likely N-dealkylation sites (tertiary alicyclic amines) is 1. The van der Waals surface area contributed by atoms with Crippen molar-refractivity contribution in [2.75, 3.05) is 13.7 Å². The normalized spacial score (nSPS) is 22.5. The van der Waals surface area contributed by atoms with Crippen molar-refractivity contribution in [2.24, 2.45) is 0 Å². The topological polar surface area (TPSA) is 92.9 Å². The third-order valence-electron chi connectivity index (χ3n) is 3.46. The Bertz CT molecular complexity index is 511. The van der Waals surface area contributed by atoms with Gasteiger partial charge in [0.15, 0.2) is 5.69 Å². The second-order valence-electron chi connectivity index (χ2n) is 5.17. The van der Waals surface area contributed by atoms with E-state index in [2.05, 4.69) is 5.16 Å². The fourth-order valence-corrected chi connectivity index (χ4v) is 2.24. The summed E-state index contributed by atoms with van der Waals surface area (Å²) in [4.78, 5) is 24.8. The Balaban J connectivity index is 2.19. The van der Waals surface area contributed by atoms with Crippen LogP contribution in [0, 0.1) is 0 Å². The molecule has 0 aromatic carbocycles. The minimum Gasteiger partial charge on any atom is -0.480 e. The number of hydrogen-bond acceptors (Lipinski definition) is 5. The number of methoxy groups -OCH3 is 1. The van der Waals surface area contributed by atoms with Gasteiger partial charge in [0, 0.05) is 32.1 Å². The molecule has 0 radical (unpaired) electrons. The van der Waals surface area contributed by atoms with Gasteiger partial charge >= 0.3 is 5.97 Å². The van der Waals surface area contributed by atoms with Gasteiger partial charge in [-0.3, -0.25) is 4.79 Å².